The van der Waals surface area contributed by atoms with Crippen LogP contribution in [-0.2, 0) is 0 Å². The van der Waals surface area contributed by atoms with Crippen LogP contribution >= 0.6 is 0 Å². The summed E-state index contributed by atoms with van der Waals surface area (Å²) in [4.78, 5) is 14.5. The zero-order chi connectivity index (χ0) is 8.43. The predicted molar refractivity (Wildman–Crippen MR) is 40.7 cm³/mol. The Morgan fingerprint density at radius 1 is 1.55 bits per heavy atom. The van der Waals surface area contributed by atoms with Crippen molar-refractivity contribution in [1.82, 2.24) is 4.98 Å². The lowest BCUT2D eigenvalue weighted by Crippen LogP contribution is -1.92. The van der Waals surface area contributed by atoms with Crippen LogP contribution in [-0.4, -0.2) is 11.3 Å². The third-order valence-corrected chi connectivity index (χ3v) is 1.44. The Morgan fingerprint density at radius 2 is 2.18 bits per heavy atom. The lowest BCUT2D eigenvalue weighted by Gasteiger charge is -1.96. The minimum atomic E-state index is 0.243. The zero-order valence-electron chi connectivity index (χ0n) is 6.92. The normalized spacial score (nSPS) is 10.5. The summed E-state index contributed by atoms with van der Waals surface area (Å²) in [6, 6.07) is 0. The summed E-state index contributed by atoms with van der Waals surface area (Å²) >= 11 is 0. The van der Waals surface area contributed by atoms with Gasteiger partial charge >= 0.3 is 0 Å². The summed E-state index contributed by atoms with van der Waals surface area (Å²) in [5.74, 6) is 1.15. The summed E-state index contributed by atoms with van der Waals surface area (Å²) in [5, 5.41) is 0. The number of carbonyl (C=O) groups is 1. The molecule has 0 aliphatic carbocycles. The molecule has 0 spiro atoms. The number of hydrogen-bond donors (Lipinski definition) is 0. The van der Waals surface area contributed by atoms with Crippen molar-refractivity contribution in [3.05, 3.63) is 17.3 Å². The van der Waals surface area contributed by atoms with Crippen LogP contribution in [0.3, 0.4) is 0 Å². The van der Waals surface area contributed by atoms with E-state index in [-0.39, 0.29) is 5.92 Å². The second-order valence-corrected chi connectivity index (χ2v) is 2.75. The summed E-state index contributed by atoms with van der Waals surface area (Å²) in [5.41, 5.74) is 0.748. The lowest BCUT2D eigenvalue weighted by molar-refractivity contribution is 0.109. The Bertz CT molecular complexity index is 263. The number of aryl methyl sites for hydroxylation is 1. The molecular weight excluding hydrogens is 142 g/mol. The molecule has 1 aromatic rings. The molecule has 3 nitrogen and oxygen atoms in total. The third-order valence-electron chi connectivity index (χ3n) is 1.44. The Balaban J connectivity index is 3.11. The van der Waals surface area contributed by atoms with E-state index in [1.165, 1.54) is 0 Å². The Hall–Kier alpha value is -1.12. The monoisotopic (exact) mass is 153 g/mol. The molecule has 60 valence electrons. The topological polar surface area (TPSA) is 43.1 Å². The molecule has 0 N–H and O–H groups in total. The molecule has 1 rings (SSSR count). The first kappa shape index (κ1) is 7.98. The molecule has 11 heavy (non-hydrogen) atoms. The average molecular weight is 153 g/mol. The van der Waals surface area contributed by atoms with E-state index < -0.39 is 0 Å². The number of oxazole rings is 1. The molecule has 0 fully saturated rings. The molecule has 1 heterocycles. The van der Waals surface area contributed by atoms with Crippen molar-refractivity contribution < 1.29 is 9.21 Å². The van der Waals surface area contributed by atoms with Crippen LogP contribution in [0.25, 0.3) is 0 Å². The Labute approximate surface area is 65.4 Å². The fourth-order valence-electron chi connectivity index (χ4n) is 0.957. The van der Waals surface area contributed by atoms with Crippen molar-refractivity contribution in [3.63, 3.8) is 0 Å². The van der Waals surface area contributed by atoms with E-state index in [0.29, 0.717) is 17.9 Å². The van der Waals surface area contributed by atoms with Gasteiger partial charge in [0.15, 0.2) is 17.9 Å². The molecule has 0 radical (unpaired) electrons. The van der Waals surface area contributed by atoms with Gasteiger partial charge in [-0.15, -0.1) is 0 Å². The predicted octanol–water partition coefficient (Wildman–Crippen LogP) is 1.92. The Kier molecular flexibility index (Phi) is 2.08. The highest BCUT2D eigenvalue weighted by Crippen LogP contribution is 2.17. The molecular formula is C8H11NO2. The van der Waals surface area contributed by atoms with Gasteiger partial charge in [-0.05, 0) is 5.92 Å². The number of nitrogens with zero attached hydrogens (tertiary/aromatic N) is 1. The summed E-state index contributed by atoms with van der Waals surface area (Å²) in [7, 11) is 0. The lowest BCUT2D eigenvalue weighted by atomic mass is 10.1. The highest BCUT2D eigenvalue weighted by Gasteiger charge is 2.12. The van der Waals surface area contributed by atoms with Gasteiger partial charge in [-0.1, -0.05) is 13.8 Å². The maximum absolute atomic E-state index is 10.4. The standard InChI is InChI=1S/C8H11NO2/c1-5(2)8-7(4-10)11-6(3)9-8/h4-5H,1-3H3. The molecule has 0 aliphatic heterocycles. The van der Waals surface area contributed by atoms with Gasteiger partial charge in [0.1, 0.15) is 0 Å². The van der Waals surface area contributed by atoms with E-state index in [9.17, 15) is 4.79 Å². The maximum Gasteiger partial charge on any atom is 0.192 e. The van der Waals surface area contributed by atoms with Gasteiger partial charge in [0.25, 0.3) is 0 Å². The van der Waals surface area contributed by atoms with E-state index in [1.807, 2.05) is 13.8 Å². The fourth-order valence-corrected chi connectivity index (χ4v) is 0.957. The molecule has 0 saturated carbocycles. The molecule has 3 heteroatoms. The molecule has 0 aromatic carbocycles. The van der Waals surface area contributed by atoms with Gasteiger partial charge in [0.2, 0.25) is 0 Å². The van der Waals surface area contributed by atoms with Crippen molar-refractivity contribution in [2.45, 2.75) is 26.7 Å². The Morgan fingerprint density at radius 3 is 2.55 bits per heavy atom. The van der Waals surface area contributed by atoms with Crippen LogP contribution in [0.4, 0.5) is 0 Å². The molecule has 0 unspecified atom stereocenters. The van der Waals surface area contributed by atoms with E-state index in [1.54, 1.807) is 6.92 Å². The van der Waals surface area contributed by atoms with Crippen molar-refractivity contribution in [2.75, 3.05) is 0 Å². The van der Waals surface area contributed by atoms with Crippen LogP contribution in [0.15, 0.2) is 4.42 Å². The van der Waals surface area contributed by atoms with E-state index in [2.05, 4.69) is 4.98 Å². The van der Waals surface area contributed by atoms with Crippen LogP contribution in [0, 0.1) is 6.92 Å². The third kappa shape index (κ3) is 1.48. The second-order valence-electron chi connectivity index (χ2n) is 2.75. The van der Waals surface area contributed by atoms with E-state index >= 15 is 0 Å². The van der Waals surface area contributed by atoms with Crippen LogP contribution in [0.1, 0.15) is 41.9 Å². The summed E-state index contributed by atoms with van der Waals surface area (Å²) in [6.45, 7) is 5.69. The molecule has 0 atom stereocenters. The van der Waals surface area contributed by atoms with E-state index in [0.717, 1.165) is 5.69 Å². The van der Waals surface area contributed by atoms with Gasteiger partial charge < -0.3 is 4.42 Å². The fraction of sp³-hybridized carbons (Fsp3) is 0.500. The van der Waals surface area contributed by atoms with Gasteiger partial charge in [-0.25, -0.2) is 4.98 Å². The smallest absolute Gasteiger partial charge is 0.192 e. The van der Waals surface area contributed by atoms with Crippen molar-refractivity contribution in [3.8, 4) is 0 Å². The number of hydrogen-bond acceptors (Lipinski definition) is 3. The summed E-state index contributed by atoms with van der Waals surface area (Å²) < 4.78 is 5.05. The molecule has 0 aliphatic rings. The minimum absolute atomic E-state index is 0.243. The van der Waals surface area contributed by atoms with Crippen LogP contribution in [0.5, 0.6) is 0 Å². The van der Waals surface area contributed by atoms with Gasteiger partial charge in [-0.2, -0.15) is 0 Å². The highest BCUT2D eigenvalue weighted by atomic mass is 16.4. The first-order chi connectivity index (χ1) is 5.15. The number of rotatable bonds is 2. The minimum Gasteiger partial charge on any atom is -0.438 e. The van der Waals surface area contributed by atoms with Crippen molar-refractivity contribution >= 4 is 6.29 Å². The number of carbonyl (C=O) groups excluding carboxylic acids is 1. The molecule has 0 bridgehead atoms. The average Bonchev–Trinajstić information content (AvgIpc) is 2.30. The first-order valence-electron chi connectivity index (χ1n) is 3.57. The van der Waals surface area contributed by atoms with Crippen molar-refractivity contribution in [1.29, 1.82) is 0 Å². The van der Waals surface area contributed by atoms with Gasteiger partial charge in [-0.3, -0.25) is 4.79 Å². The molecule has 1 aromatic heterocycles. The van der Waals surface area contributed by atoms with E-state index in [4.69, 9.17) is 4.42 Å². The largest absolute Gasteiger partial charge is 0.438 e. The van der Waals surface area contributed by atoms with Crippen LogP contribution in [0.2, 0.25) is 0 Å². The number of aromatic nitrogens is 1. The number of aldehydes is 1. The first-order valence-corrected chi connectivity index (χ1v) is 3.57. The van der Waals surface area contributed by atoms with Crippen LogP contribution < -0.4 is 0 Å². The highest BCUT2D eigenvalue weighted by molar-refractivity contribution is 5.72. The SMILES string of the molecule is Cc1nc(C(C)C)c(C=O)o1. The molecule has 0 saturated heterocycles. The quantitative estimate of drug-likeness (QED) is 0.609. The molecule has 0 amide bonds. The van der Waals surface area contributed by atoms with Gasteiger partial charge in [0.05, 0.1) is 5.69 Å². The second kappa shape index (κ2) is 2.86. The zero-order valence-corrected chi connectivity index (χ0v) is 6.92. The van der Waals surface area contributed by atoms with Crippen molar-refractivity contribution in [2.24, 2.45) is 0 Å². The summed E-state index contributed by atoms with van der Waals surface area (Å²) in [6.07, 6.45) is 0.704. The maximum atomic E-state index is 10.4. The van der Waals surface area contributed by atoms with Gasteiger partial charge in [0, 0.05) is 6.92 Å².